The Morgan fingerprint density at radius 3 is 2.32 bits per heavy atom. The van der Waals surface area contributed by atoms with Gasteiger partial charge < -0.3 is 10.0 Å². The van der Waals surface area contributed by atoms with E-state index in [1.807, 2.05) is 25.8 Å². The fourth-order valence-corrected chi connectivity index (χ4v) is 1.77. The first-order valence-corrected chi connectivity index (χ1v) is 7.12. The third-order valence-corrected chi connectivity index (χ3v) is 3.44. The molecule has 0 heterocycles. The molecule has 0 aliphatic heterocycles. The smallest absolute Gasteiger partial charge is 0.304 e. The molecule has 5 nitrogen and oxygen atoms in total. The second-order valence-electron chi connectivity index (χ2n) is 5.04. The summed E-state index contributed by atoms with van der Waals surface area (Å²) in [7, 11) is 1.81. The highest BCUT2D eigenvalue weighted by Crippen LogP contribution is 2.06. The number of amides is 1. The number of rotatable bonds is 10. The molecule has 0 radical (unpaired) electrons. The lowest BCUT2D eigenvalue weighted by Crippen LogP contribution is -2.43. The van der Waals surface area contributed by atoms with E-state index in [2.05, 4.69) is 6.92 Å². The van der Waals surface area contributed by atoms with E-state index in [1.165, 1.54) is 0 Å². The quantitative estimate of drug-likeness (QED) is 0.659. The number of carboxylic acid groups (broad SMARTS) is 1. The van der Waals surface area contributed by atoms with Gasteiger partial charge >= 0.3 is 5.97 Å². The van der Waals surface area contributed by atoms with Crippen molar-refractivity contribution >= 4 is 11.9 Å². The molecular weight excluding hydrogens is 244 g/mol. The fraction of sp³-hybridized carbons (Fsp3) is 0.857. The molecule has 1 amide bonds. The van der Waals surface area contributed by atoms with Crippen LogP contribution in [0.1, 0.15) is 46.5 Å². The van der Waals surface area contributed by atoms with Gasteiger partial charge in [0, 0.05) is 26.2 Å². The van der Waals surface area contributed by atoms with Gasteiger partial charge in [0.1, 0.15) is 0 Å². The van der Waals surface area contributed by atoms with Crippen molar-refractivity contribution in [1.82, 2.24) is 9.80 Å². The summed E-state index contributed by atoms with van der Waals surface area (Å²) in [6.45, 7) is 7.67. The highest BCUT2D eigenvalue weighted by Gasteiger charge is 2.18. The molecule has 0 fully saturated rings. The minimum absolute atomic E-state index is 0.0686. The maximum Gasteiger partial charge on any atom is 0.304 e. The predicted octanol–water partition coefficient (Wildman–Crippen LogP) is 1.82. The average Bonchev–Trinajstić information content (AvgIpc) is 2.39. The lowest BCUT2D eigenvalue weighted by Gasteiger charge is -2.29. The van der Waals surface area contributed by atoms with Crippen molar-refractivity contribution in [3.8, 4) is 0 Å². The van der Waals surface area contributed by atoms with E-state index in [-0.39, 0.29) is 18.4 Å². The number of hydrogen-bond donors (Lipinski definition) is 1. The molecule has 5 heteroatoms. The van der Waals surface area contributed by atoms with Crippen LogP contribution in [0.3, 0.4) is 0 Å². The summed E-state index contributed by atoms with van der Waals surface area (Å²) in [5.41, 5.74) is 0. The molecule has 0 spiro atoms. The van der Waals surface area contributed by atoms with Gasteiger partial charge in [-0.25, -0.2) is 0 Å². The number of unbranched alkanes of at least 4 members (excludes halogenated alkanes) is 1. The van der Waals surface area contributed by atoms with Crippen molar-refractivity contribution in [3.05, 3.63) is 0 Å². The van der Waals surface area contributed by atoms with Crippen molar-refractivity contribution in [2.75, 3.05) is 26.7 Å². The van der Waals surface area contributed by atoms with Gasteiger partial charge in [-0.1, -0.05) is 20.3 Å². The van der Waals surface area contributed by atoms with Crippen molar-refractivity contribution in [2.45, 2.75) is 52.5 Å². The van der Waals surface area contributed by atoms with Crippen LogP contribution in [0.5, 0.6) is 0 Å². The third-order valence-electron chi connectivity index (χ3n) is 3.44. The van der Waals surface area contributed by atoms with Crippen molar-refractivity contribution in [3.63, 3.8) is 0 Å². The number of nitrogens with zero attached hydrogens (tertiary/aromatic N) is 2. The molecule has 0 aromatic heterocycles. The van der Waals surface area contributed by atoms with Crippen LogP contribution < -0.4 is 0 Å². The van der Waals surface area contributed by atoms with Crippen LogP contribution in [0.25, 0.3) is 0 Å². The van der Waals surface area contributed by atoms with E-state index >= 15 is 0 Å². The van der Waals surface area contributed by atoms with Crippen molar-refractivity contribution < 1.29 is 14.7 Å². The van der Waals surface area contributed by atoms with Gasteiger partial charge in [0.2, 0.25) is 5.91 Å². The second kappa shape index (κ2) is 9.78. The molecule has 0 bridgehead atoms. The lowest BCUT2D eigenvalue weighted by atomic mass is 10.2. The average molecular weight is 272 g/mol. The van der Waals surface area contributed by atoms with E-state index in [0.717, 1.165) is 25.8 Å². The normalized spacial score (nSPS) is 12.5. The SMILES string of the molecule is CCCCN(C)C(=O)CN(CCC(=O)O)C(C)CC. The van der Waals surface area contributed by atoms with Crippen LogP contribution in [-0.2, 0) is 9.59 Å². The third kappa shape index (κ3) is 7.82. The Kier molecular flexibility index (Phi) is 9.21. The molecule has 0 saturated carbocycles. The van der Waals surface area contributed by atoms with E-state index < -0.39 is 5.97 Å². The Balaban J connectivity index is 4.36. The maximum absolute atomic E-state index is 12.1. The first kappa shape index (κ1) is 17.9. The highest BCUT2D eigenvalue weighted by atomic mass is 16.4. The number of carbonyl (C=O) groups excluding carboxylic acids is 1. The molecule has 1 atom stereocenters. The van der Waals surface area contributed by atoms with Gasteiger partial charge in [-0.15, -0.1) is 0 Å². The van der Waals surface area contributed by atoms with E-state index in [9.17, 15) is 9.59 Å². The summed E-state index contributed by atoms with van der Waals surface area (Å²) in [5.74, 6) is -0.751. The monoisotopic (exact) mass is 272 g/mol. The Labute approximate surface area is 116 Å². The Morgan fingerprint density at radius 1 is 1.21 bits per heavy atom. The molecule has 0 aromatic rings. The van der Waals surface area contributed by atoms with Gasteiger partial charge in [-0.3, -0.25) is 14.5 Å². The van der Waals surface area contributed by atoms with Gasteiger partial charge in [-0.05, 0) is 19.8 Å². The largest absolute Gasteiger partial charge is 0.481 e. The lowest BCUT2D eigenvalue weighted by molar-refractivity contribution is -0.138. The van der Waals surface area contributed by atoms with Gasteiger partial charge in [-0.2, -0.15) is 0 Å². The number of likely N-dealkylation sites (N-methyl/N-ethyl adjacent to an activating group) is 1. The summed E-state index contributed by atoms with van der Waals surface area (Å²) in [6.07, 6.45) is 3.05. The Bertz CT molecular complexity index is 282. The molecule has 0 aromatic carbocycles. The van der Waals surface area contributed by atoms with Crippen LogP contribution >= 0.6 is 0 Å². The summed E-state index contributed by atoms with van der Waals surface area (Å²) in [5, 5.41) is 8.75. The van der Waals surface area contributed by atoms with Gasteiger partial charge in [0.25, 0.3) is 0 Å². The topological polar surface area (TPSA) is 60.9 Å². The summed E-state index contributed by atoms with van der Waals surface area (Å²) in [6, 6.07) is 0.225. The maximum atomic E-state index is 12.1. The number of hydrogen-bond acceptors (Lipinski definition) is 3. The summed E-state index contributed by atoms with van der Waals surface area (Å²) >= 11 is 0. The fourth-order valence-electron chi connectivity index (χ4n) is 1.77. The zero-order valence-electron chi connectivity index (χ0n) is 12.7. The molecule has 0 rings (SSSR count). The zero-order valence-corrected chi connectivity index (χ0v) is 12.7. The van der Waals surface area contributed by atoms with Crippen LogP contribution in [0.4, 0.5) is 0 Å². The Hall–Kier alpha value is -1.10. The molecule has 19 heavy (non-hydrogen) atoms. The van der Waals surface area contributed by atoms with Crippen molar-refractivity contribution in [1.29, 1.82) is 0 Å². The van der Waals surface area contributed by atoms with E-state index in [0.29, 0.717) is 13.1 Å². The minimum atomic E-state index is -0.819. The standard InChI is InChI=1S/C14H28N2O3/c1-5-7-9-15(4)13(17)11-16(12(3)6-2)10-8-14(18)19/h12H,5-11H2,1-4H3,(H,18,19). The molecular formula is C14H28N2O3. The van der Waals surface area contributed by atoms with Crippen LogP contribution in [0.2, 0.25) is 0 Å². The molecule has 112 valence electrons. The number of carboxylic acids is 1. The van der Waals surface area contributed by atoms with Crippen LogP contribution in [0.15, 0.2) is 0 Å². The number of aliphatic carboxylic acids is 1. The molecule has 0 aliphatic carbocycles. The first-order valence-electron chi connectivity index (χ1n) is 7.12. The van der Waals surface area contributed by atoms with Crippen LogP contribution in [0, 0.1) is 0 Å². The predicted molar refractivity (Wildman–Crippen MR) is 76.1 cm³/mol. The van der Waals surface area contributed by atoms with E-state index in [4.69, 9.17) is 5.11 Å². The van der Waals surface area contributed by atoms with Crippen molar-refractivity contribution in [2.24, 2.45) is 0 Å². The second-order valence-corrected chi connectivity index (χ2v) is 5.04. The summed E-state index contributed by atoms with van der Waals surface area (Å²) in [4.78, 5) is 26.4. The zero-order chi connectivity index (χ0) is 14.8. The van der Waals surface area contributed by atoms with Gasteiger partial charge in [0.05, 0.1) is 13.0 Å². The number of carbonyl (C=O) groups is 2. The van der Waals surface area contributed by atoms with E-state index in [1.54, 1.807) is 4.90 Å². The Morgan fingerprint density at radius 2 is 1.84 bits per heavy atom. The molecule has 1 N–H and O–H groups in total. The molecule has 1 unspecified atom stereocenters. The van der Waals surface area contributed by atoms with Gasteiger partial charge in [0.15, 0.2) is 0 Å². The summed E-state index contributed by atoms with van der Waals surface area (Å²) < 4.78 is 0. The van der Waals surface area contributed by atoms with Crippen LogP contribution in [-0.4, -0.2) is 59.5 Å². The molecule has 0 aliphatic rings. The highest BCUT2D eigenvalue weighted by molar-refractivity contribution is 5.78. The molecule has 0 saturated heterocycles. The minimum Gasteiger partial charge on any atom is -0.481 e. The first-order chi connectivity index (χ1) is 8.92.